The number of aryl methyl sites for hydroxylation is 1. The number of nitrogens with one attached hydrogen (secondary N) is 1. The number of fused-ring (bicyclic) bond motifs is 1. The predicted molar refractivity (Wildman–Crippen MR) is 97.5 cm³/mol. The van der Waals surface area contributed by atoms with Crippen LogP contribution in [0.4, 0.5) is 0 Å². The van der Waals surface area contributed by atoms with E-state index in [0.717, 1.165) is 0 Å². The van der Waals surface area contributed by atoms with Crippen molar-refractivity contribution in [2.45, 2.75) is 13.0 Å². The fourth-order valence-corrected chi connectivity index (χ4v) is 3.13. The Labute approximate surface area is 159 Å². The molecule has 1 heterocycles. The second-order valence-corrected chi connectivity index (χ2v) is 6.41. The highest BCUT2D eigenvalue weighted by Gasteiger charge is 2.30. The third kappa shape index (κ3) is 3.38. The maximum atomic E-state index is 12.8. The minimum Gasteiger partial charge on any atom is -0.466 e. The van der Waals surface area contributed by atoms with Crippen molar-refractivity contribution < 1.29 is 19.1 Å². The van der Waals surface area contributed by atoms with Gasteiger partial charge in [0.1, 0.15) is 0 Å². The standard InChI is InChI=1S/C18H14Cl2N2O4/c1-9-3-6-14-12(8-21-22-14)15(9)17(23)26-16(18(24)25-2)11-5-4-10(19)7-13(11)20/h3-8,16H,1-2H3,(H,21,22). The number of H-pyrrole nitrogens is 1. The van der Waals surface area contributed by atoms with Crippen LogP contribution in [0.3, 0.4) is 0 Å². The Bertz CT molecular complexity index is 1000. The van der Waals surface area contributed by atoms with Gasteiger partial charge in [0.25, 0.3) is 0 Å². The van der Waals surface area contributed by atoms with Crippen LogP contribution in [0.2, 0.25) is 10.0 Å². The van der Waals surface area contributed by atoms with E-state index >= 15 is 0 Å². The van der Waals surface area contributed by atoms with E-state index in [1.54, 1.807) is 19.1 Å². The topological polar surface area (TPSA) is 81.3 Å². The molecule has 8 heteroatoms. The van der Waals surface area contributed by atoms with Crippen LogP contribution in [-0.2, 0) is 14.3 Å². The summed E-state index contributed by atoms with van der Waals surface area (Å²) in [5.74, 6) is -1.43. The number of halogens is 2. The monoisotopic (exact) mass is 392 g/mol. The average molecular weight is 393 g/mol. The summed E-state index contributed by atoms with van der Waals surface area (Å²) in [6.45, 7) is 1.77. The number of rotatable bonds is 4. The first-order valence-electron chi connectivity index (χ1n) is 7.58. The van der Waals surface area contributed by atoms with Crippen LogP contribution < -0.4 is 0 Å². The van der Waals surface area contributed by atoms with E-state index in [-0.39, 0.29) is 10.6 Å². The minimum atomic E-state index is -1.32. The van der Waals surface area contributed by atoms with Gasteiger partial charge in [-0.15, -0.1) is 0 Å². The second kappa shape index (κ2) is 7.35. The van der Waals surface area contributed by atoms with E-state index in [1.165, 1.54) is 25.4 Å². The molecule has 1 unspecified atom stereocenters. The summed E-state index contributed by atoms with van der Waals surface area (Å²) in [5.41, 5.74) is 1.97. The molecule has 0 saturated heterocycles. The number of carbonyl (C=O) groups excluding carboxylic acids is 2. The number of esters is 2. The van der Waals surface area contributed by atoms with Gasteiger partial charge in [0.15, 0.2) is 0 Å². The third-order valence-electron chi connectivity index (χ3n) is 3.92. The van der Waals surface area contributed by atoms with Crippen LogP contribution in [0, 0.1) is 6.92 Å². The van der Waals surface area contributed by atoms with Crippen molar-refractivity contribution in [2.24, 2.45) is 0 Å². The molecule has 1 atom stereocenters. The molecular formula is C18H14Cl2N2O4. The van der Waals surface area contributed by atoms with Crippen molar-refractivity contribution in [3.8, 4) is 0 Å². The number of hydrogen-bond acceptors (Lipinski definition) is 5. The molecule has 1 aromatic heterocycles. The van der Waals surface area contributed by atoms with Crippen LogP contribution >= 0.6 is 23.2 Å². The lowest BCUT2D eigenvalue weighted by atomic mass is 10.0. The lowest BCUT2D eigenvalue weighted by Crippen LogP contribution is -2.22. The molecule has 3 aromatic rings. The van der Waals surface area contributed by atoms with Crippen molar-refractivity contribution >= 4 is 46.0 Å². The highest BCUT2D eigenvalue weighted by molar-refractivity contribution is 6.35. The van der Waals surface area contributed by atoms with Crippen LogP contribution in [-0.4, -0.2) is 29.2 Å². The highest BCUT2D eigenvalue weighted by atomic mass is 35.5. The lowest BCUT2D eigenvalue weighted by Gasteiger charge is -2.18. The maximum absolute atomic E-state index is 12.8. The van der Waals surface area contributed by atoms with Gasteiger partial charge in [0.05, 0.1) is 24.4 Å². The zero-order valence-electron chi connectivity index (χ0n) is 13.9. The van der Waals surface area contributed by atoms with Gasteiger partial charge in [-0.05, 0) is 30.7 Å². The van der Waals surface area contributed by atoms with Gasteiger partial charge in [0.2, 0.25) is 6.10 Å². The molecule has 134 valence electrons. The molecule has 0 amide bonds. The summed E-state index contributed by atoms with van der Waals surface area (Å²) in [5, 5.41) is 7.92. The smallest absolute Gasteiger partial charge is 0.352 e. The fraction of sp³-hybridized carbons (Fsp3) is 0.167. The van der Waals surface area contributed by atoms with Crippen molar-refractivity contribution in [3.05, 3.63) is 63.3 Å². The SMILES string of the molecule is COC(=O)C(OC(=O)c1c(C)ccc2[nH]ncc12)c1ccc(Cl)cc1Cl. The zero-order chi connectivity index (χ0) is 18.8. The zero-order valence-corrected chi connectivity index (χ0v) is 15.4. The molecule has 0 saturated carbocycles. The summed E-state index contributed by atoms with van der Waals surface area (Å²) < 4.78 is 10.2. The van der Waals surface area contributed by atoms with Gasteiger partial charge in [-0.25, -0.2) is 9.59 Å². The minimum absolute atomic E-state index is 0.193. The van der Waals surface area contributed by atoms with Crippen molar-refractivity contribution in [1.82, 2.24) is 10.2 Å². The van der Waals surface area contributed by atoms with E-state index < -0.39 is 18.0 Å². The van der Waals surface area contributed by atoms with Crippen LogP contribution in [0.15, 0.2) is 36.5 Å². The van der Waals surface area contributed by atoms with Crippen molar-refractivity contribution in [3.63, 3.8) is 0 Å². The van der Waals surface area contributed by atoms with Gasteiger partial charge >= 0.3 is 11.9 Å². The second-order valence-electron chi connectivity index (χ2n) is 5.56. The number of carbonyl (C=O) groups is 2. The summed E-state index contributed by atoms with van der Waals surface area (Å²) >= 11 is 12.1. The molecular weight excluding hydrogens is 379 g/mol. The Morgan fingerprint density at radius 2 is 1.96 bits per heavy atom. The summed E-state index contributed by atoms with van der Waals surface area (Å²) in [6, 6.07) is 8.10. The lowest BCUT2D eigenvalue weighted by molar-refractivity contribution is -0.151. The summed E-state index contributed by atoms with van der Waals surface area (Å²) in [7, 11) is 1.20. The number of aromatic amines is 1. The molecule has 6 nitrogen and oxygen atoms in total. The van der Waals surface area contributed by atoms with E-state index in [2.05, 4.69) is 10.2 Å². The number of benzene rings is 2. The van der Waals surface area contributed by atoms with Crippen LogP contribution in [0.25, 0.3) is 10.9 Å². The van der Waals surface area contributed by atoms with Crippen molar-refractivity contribution in [1.29, 1.82) is 0 Å². The van der Waals surface area contributed by atoms with E-state index in [9.17, 15) is 9.59 Å². The Balaban J connectivity index is 2.01. The van der Waals surface area contributed by atoms with Gasteiger partial charge in [0, 0.05) is 21.0 Å². The number of hydrogen-bond donors (Lipinski definition) is 1. The largest absolute Gasteiger partial charge is 0.466 e. The Morgan fingerprint density at radius 3 is 2.65 bits per heavy atom. The Morgan fingerprint density at radius 1 is 1.19 bits per heavy atom. The third-order valence-corrected chi connectivity index (χ3v) is 4.48. The molecule has 0 bridgehead atoms. The number of nitrogens with zero attached hydrogens (tertiary/aromatic N) is 1. The predicted octanol–water partition coefficient (Wildman–Crippen LogP) is 4.25. The quantitative estimate of drug-likeness (QED) is 0.671. The number of aromatic nitrogens is 2. The molecule has 3 rings (SSSR count). The number of ether oxygens (including phenoxy) is 2. The summed E-state index contributed by atoms with van der Waals surface area (Å²) in [4.78, 5) is 25.0. The molecule has 0 radical (unpaired) electrons. The first-order chi connectivity index (χ1) is 12.4. The van der Waals surface area contributed by atoms with Gasteiger partial charge in [-0.2, -0.15) is 5.10 Å². The summed E-state index contributed by atoms with van der Waals surface area (Å²) in [6.07, 6.45) is 0.209. The Hall–Kier alpha value is -2.57. The fourth-order valence-electron chi connectivity index (χ4n) is 2.62. The molecule has 0 spiro atoms. The number of methoxy groups -OCH3 is 1. The van der Waals surface area contributed by atoms with Gasteiger partial charge < -0.3 is 9.47 Å². The molecule has 0 fully saturated rings. The first kappa shape index (κ1) is 18.2. The average Bonchev–Trinajstić information content (AvgIpc) is 3.07. The van der Waals surface area contributed by atoms with E-state index in [0.29, 0.717) is 27.1 Å². The van der Waals surface area contributed by atoms with Crippen molar-refractivity contribution in [2.75, 3.05) is 7.11 Å². The molecule has 2 aromatic carbocycles. The Kier molecular flexibility index (Phi) is 5.15. The van der Waals surface area contributed by atoms with Crippen LogP contribution in [0.5, 0.6) is 0 Å². The van der Waals surface area contributed by atoms with E-state index in [1.807, 2.05) is 6.07 Å². The highest BCUT2D eigenvalue weighted by Crippen LogP contribution is 2.31. The maximum Gasteiger partial charge on any atom is 0.352 e. The first-order valence-corrected chi connectivity index (χ1v) is 8.34. The normalized spacial score (nSPS) is 12.0. The van der Waals surface area contributed by atoms with E-state index in [4.69, 9.17) is 32.7 Å². The molecule has 26 heavy (non-hydrogen) atoms. The van der Waals surface area contributed by atoms with Gasteiger partial charge in [-0.1, -0.05) is 35.3 Å². The van der Waals surface area contributed by atoms with Crippen LogP contribution in [0.1, 0.15) is 27.6 Å². The molecule has 0 aliphatic heterocycles. The molecule has 0 aliphatic rings. The van der Waals surface area contributed by atoms with Gasteiger partial charge in [-0.3, -0.25) is 5.10 Å². The molecule has 1 N–H and O–H groups in total. The molecule has 0 aliphatic carbocycles.